The molecule has 162 valence electrons. The van der Waals surface area contributed by atoms with Gasteiger partial charge in [-0.2, -0.15) is 4.31 Å². The van der Waals surface area contributed by atoms with Crippen LogP contribution in [0.5, 0.6) is 5.75 Å². The molecule has 0 bridgehead atoms. The van der Waals surface area contributed by atoms with Crippen molar-refractivity contribution in [3.63, 3.8) is 0 Å². The van der Waals surface area contributed by atoms with Crippen LogP contribution >= 0.6 is 23.2 Å². The summed E-state index contributed by atoms with van der Waals surface area (Å²) in [6.45, 7) is 4.28. The van der Waals surface area contributed by atoms with Crippen molar-refractivity contribution in [2.75, 3.05) is 25.5 Å². The second-order valence-corrected chi connectivity index (χ2v) is 9.78. The van der Waals surface area contributed by atoms with Crippen LogP contribution in [0.15, 0.2) is 41.3 Å². The van der Waals surface area contributed by atoms with Gasteiger partial charge in [0.1, 0.15) is 0 Å². The number of benzene rings is 2. The van der Waals surface area contributed by atoms with Gasteiger partial charge >= 0.3 is 0 Å². The first-order valence-corrected chi connectivity index (χ1v) is 11.4. The van der Waals surface area contributed by atoms with Gasteiger partial charge in [-0.15, -0.1) is 0 Å². The highest BCUT2D eigenvalue weighted by Crippen LogP contribution is 2.34. The molecular weight excluding hydrogens is 451 g/mol. The molecule has 0 radical (unpaired) electrons. The number of ether oxygens (including phenoxy) is 2. The number of sulfonamides is 1. The van der Waals surface area contributed by atoms with E-state index in [9.17, 15) is 13.2 Å². The van der Waals surface area contributed by atoms with Crippen molar-refractivity contribution in [2.45, 2.75) is 31.0 Å². The van der Waals surface area contributed by atoms with Gasteiger partial charge in [-0.1, -0.05) is 23.2 Å². The fraction of sp³-hybridized carbons (Fsp3) is 0.350. The predicted octanol–water partition coefficient (Wildman–Crippen LogP) is 4.05. The zero-order chi connectivity index (χ0) is 22.1. The van der Waals surface area contributed by atoms with Gasteiger partial charge in [0.25, 0.3) is 5.91 Å². The average Bonchev–Trinajstić information content (AvgIpc) is 2.67. The van der Waals surface area contributed by atoms with E-state index in [1.54, 1.807) is 0 Å². The molecule has 1 N–H and O–H groups in total. The van der Waals surface area contributed by atoms with E-state index in [2.05, 4.69) is 5.32 Å². The quantitative estimate of drug-likeness (QED) is 0.709. The van der Waals surface area contributed by atoms with Gasteiger partial charge in [0.2, 0.25) is 10.0 Å². The van der Waals surface area contributed by atoms with Crippen LogP contribution in [-0.2, 0) is 14.8 Å². The number of anilines is 1. The molecule has 1 saturated heterocycles. The Balaban J connectivity index is 1.75. The van der Waals surface area contributed by atoms with Gasteiger partial charge in [-0.05, 0) is 50.2 Å². The molecule has 1 aliphatic rings. The van der Waals surface area contributed by atoms with Crippen molar-refractivity contribution < 1.29 is 22.7 Å². The number of carbonyl (C=O) groups is 1. The molecule has 0 aliphatic carbocycles. The third-order valence-electron chi connectivity index (χ3n) is 4.60. The number of amides is 1. The van der Waals surface area contributed by atoms with Crippen LogP contribution in [0.1, 0.15) is 24.2 Å². The van der Waals surface area contributed by atoms with Crippen molar-refractivity contribution in [2.24, 2.45) is 0 Å². The summed E-state index contributed by atoms with van der Waals surface area (Å²) < 4.78 is 37.9. The normalized spacial score (nSPS) is 20.0. The zero-order valence-corrected chi connectivity index (χ0v) is 19.0. The van der Waals surface area contributed by atoms with E-state index in [0.717, 1.165) is 0 Å². The number of hydrogen-bond donors (Lipinski definition) is 1. The summed E-state index contributed by atoms with van der Waals surface area (Å²) in [4.78, 5) is 12.7. The third kappa shape index (κ3) is 4.90. The van der Waals surface area contributed by atoms with Crippen molar-refractivity contribution in [1.29, 1.82) is 0 Å². The molecule has 2 atom stereocenters. The maximum Gasteiger partial charge on any atom is 0.255 e. The highest BCUT2D eigenvalue weighted by Gasteiger charge is 2.32. The number of morpholine rings is 1. The van der Waals surface area contributed by atoms with Crippen LogP contribution in [0.25, 0.3) is 0 Å². The Morgan fingerprint density at radius 2 is 1.63 bits per heavy atom. The fourth-order valence-electron chi connectivity index (χ4n) is 3.28. The Kier molecular flexibility index (Phi) is 6.94. The molecule has 2 unspecified atom stereocenters. The zero-order valence-electron chi connectivity index (χ0n) is 16.7. The minimum Gasteiger partial charge on any atom is -0.494 e. The number of carbonyl (C=O) groups excluding carboxylic acids is 1. The minimum atomic E-state index is -3.65. The maximum atomic E-state index is 12.9. The standard InChI is InChI=1S/C20H22Cl2N2O5S/c1-12-10-24(11-13(2)29-12)30(26,27)16-6-4-15(5-7-16)23-20(25)14-8-17(21)19(28-3)18(22)9-14/h4-9,12-13H,10-11H2,1-3H3,(H,23,25). The fourth-order valence-corrected chi connectivity index (χ4v) is 5.51. The summed E-state index contributed by atoms with van der Waals surface area (Å²) in [6.07, 6.45) is -0.351. The number of rotatable bonds is 5. The maximum absolute atomic E-state index is 12.9. The minimum absolute atomic E-state index is 0.150. The van der Waals surface area contributed by atoms with Gasteiger partial charge in [-0.3, -0.25) is 4.79 Å². The second kappa shape index (κ2) is 9.11. The van der Waals surface area contributed by atoms with E-state index in [0.29, 0.717) is 18.8 Å². The number of methoxy groups -OCH3 is 1. The smallest absolute Gasteiger partial charge is 0.255 e. The SMILES string of the molecule is COc1c(Cl)cc(C(=O)Nc2ccc(S(=O)(=O)N3CC(C)OC(C)C3)cc2)cc1Cl. The average molecular weight is 473 g/mol. The molecule has 0 saturated carbocycles. The first-order chi connectivity index (χ1) is 14.1. The van der Waals surface area contributed by atoms with Crippen molar-refractivity contribution in [3.05, 3.63) is 52.0 Å². The van der Waals surface area contributed by atoms with Gasteiger partial charge < -0.3 is 14.8 Å². The lowest BCUT2D eigenvalue weighted by molar-refractivity contribution is -0.0440. The van der Waals surface area contributed by atoms with Crippen LogP contribution in [-0.4, -0.2) is 51.0 Å². The molecular formula is C20H22Cl2N2O5S. The molecule has 10 heteroatoms. The number of hydrogen-bond acceptors (Lipinski definition) is 5. The van der Waals surface area contributed by atoms with Gasteiger partial charge in [0.05, 0.1) is 34.3 Å². The largest absolute Gasteiger partial charge is 0.494 e. The lowest BCUT2D eigenvalue weighted by Gasteiger charge is -2.34. The second-order valence-electron chi connectivity index (χ2n) is 7.03. The topological polar surface area (TPSA) is 84.9 Å². The molecule has 30 heavy (non-hydrogen) atoms. The van der Waals surface area contributed by atoms with Crippen molar-refractivity contribution in [1.82, 2.24) is 4.31 Å². The van der Waals surface area contributed by atoms with Crippen LogP contribution < -0.4 is 10.1 Å². The molecule has 3 rings (SSSR count). The molecule has 2 aromatic rings. The van der Waals surface area contributed by atoms with Crippen molar-refractivity contribution >= 4 is 44.8 Å². The molecule has 0 spiro atoms. The van der Waals surface area contributed by atoms with Crippen LogP contribution in [0.2, 0.25) is 10.0 Å². The first-order valence-electron chi connectivity index (χ1n) is 9.22. The van der Waals surface area contributed by atoms with E-state index in [1.807, 2.05) is 13.8 Å². The lowest BCUT2D eigenvalue weighted by Crippen LogP contribution is -2.48. The molecule has 2 aromatic carbocycles. The Morgan fingerprint density at radius 1 is 1.10 bits per heavy atom. The Labute approximate surface area is 185 Å². The lowest BCUT2D eigenvalue weighted by atomic mass is 10.2. The molecule has 1 fully saturated rings. The highest BCUT2D eigenvalue weighted by molar-refractivity contribution is 7.89. The summed E-state index contributed by atoms with van der Waals surface area (Å²) in [7, 11) is -2.22. The van der Waals surface area contributed by atoms with E-state index >= 15 is 0 Å². The molecule has 1 heterocycles. The monoisotopic (exact) mass is 472 g/mol. The Bertz CT molecular complexity index is 1010. The summed E-state index contributed by atoms with van der Waals surface area (Å²) in [5.74, 6) is -0.149. The van der Waals surface area contributed by atoms with Gasteiger partial charge in [0, 0.05) is 24.3 Å². The van der Waals surface area contributed by atoms with E-state index in [-0.39, 0.29) is 38.5 Å². The highest BCUT2D eigenvalue weighted by atomic mass is 35.5. The summed E-state index contributed by atoms with van der Waals surface area (Å²) in [6, 6.07) is 8.88. The number of nitrogens with one attached hydrogen (secondary N) is 1. The van der Waals surface area contributed by atoms with Gasteiger partial charge in [-0.25, -0.2) is 8.42 Å². The molecule has 1 aliphatic heterocycles. The predicted molar refractivity (Wildman–Crippen MR) is 116 cm³/mol. The first kappa shape index (κ1) is 22.8. The van der Waals surface area contributed by atoms with Crippen molar-refractivity contribution in [3.8, 4) is 5.75 Å². The van der Waals surface area contributed by atoms with E-state index in [1.165, 1.54) is 47.8 Å². The third-order valence-corrected chi connectivity index (χ3v) is 7.01. The van der Waals surface area contributed by atoms with E-state index < -0.39 is 15.9 Å². The summed E-state index contributed by atoms with van der Waals surface area (Å²) in [5, 5.41) is 3.12. The van der Waals surface area contributed by atoms with E-state index in [4.69, 9.17) is 32.7 Å². The summed E-state index contributed by atoms with van der Waals surface area (Å²) in [5.41, 5.74) is 0.685. The Morgan fingerprint density at radius 3 is 2.13 bits per heavy atom. The Hall–Kier alpha value is -1.84. The number of halogens is 2. The molecule has 0 aromatic heterocycles. The van der Waals surface area contributed by atoms with Crippen LogP contribution in [0.3, 0.4) is 0 Å². The molecule has 1 amide bonds. The van der Waals surface area contributed by atoms with Gasteiger partial charge in [0.15, 0.2) is 5.75 Å². The van der Waals surface area contributed by atoms with Crippen LogP contribution in [0.4, 0.5) is 5.69 Å². The number of nitrogens with zero attached hydrogens (tertiary/aromatic N) is 1. The molecule has 7 nitrogen and oxygen atoms in total. The summed E-state index contributed by atoms with van der Waals surface area (Å²) >= 11 is 12.2. The van der Waals surface area contributed by atoms with Crippen LogP contribution in [0, 0.1) is 0 Å².